The number of ether oxygens (including phenoxy) is 1. The molecule has 0 radical (unpaired) electrons. The molecule has 0 saturated carbocycles. The van der Waals surface area contributed by atoms with E-state index in [1.165, 1.54) is 6.92 Å². The average molecular weight is 396 g/mol. The molecule has 1 heterocycles. The Kier molecular flexibility index (Phi) is 5.96. The van der Waals surface area contributed by atoms with Gasteiger partial charge in [-0.15, -0.1) is 0 Å². The number of carbonyl (C=O) groups is 4. The monoisotopic (exact) mass is 396 g/mol. The molecular weight excluding hydrogens is 372 g/mol. The summed E-state index contributed by atoms with van der Waals surface area (Å²) < 4.78 is 5.18. The van der Waals surface area contributed by atoms with Crippen LogP contribution < -0.4 is 0 Å². The molecule has 0 aliphatic heterocycles. The third kappa shape index (κ3) is 4.45. The van der Waals surface area contributed by atoms with Crippen molar-refractivity contribution in [3.05, 3.63) is 57.9 Å². The molecule has 1 amide bonds. The number of rotatable bonds is 6. The van der Waals surface area contributed by atoms with Crippen molar-refractivity contribution in [3.63, 3.8) is 0 Å². The molecule has 1 aromatic heterocycles. The summed E-state index contributed by atoms with van der Waals surface area (Å²) in [5, 5.41) is 0. The normalized spacial score (nSPS) is 13.0. The van der Waals surface area contributed by atoms with Gasteiger partial charge in [0, 0.05) is 43.8 Å². The fourth-order valence-electron chi connectivity index (χ4n) is 3.45. The minimum absolute atomic E-state index is 0.0330. The molecule has 0 atom stereocenters. The maximum absolute atomic E-state index is 12.4. The maximum atomic E-state index is 12.4. The summed E-state index contributed by atoms with van der Waals surface area (Å²) in [7, 11) is 1.70. The van der Waals surface area contributed by atoms with Crippen LogP contribution in [0.25, 0.3) is 0 Å². The van der Waals surface area contributed by atoms with Crippen molar-refractivity contribution in [1.82, 2.24) is 9.88 Å². The largest absolute Gasteiger partial charge is 0.453 e. The van der Waals surface area contributed by atoms with Crippen LogP contribution in [0.15, 0.2) is 24.3 Å². The molecule has 29 heavy (non-hydrogen) atoms. The molecule has 0 fully saturated rings. The molecule has 0 spiro atoms. The van der Waals surface area contributed by atoms with E-state index in [4.69, 9.17) is 4.74 Å². The molecule has 0 bridgehead atoms. The number of esters is 1. The van der Waals surface area contributed by atoms with Crippen LogP contribution in [0, 0.1) is 6.92 Å². The summed E-state index contributed by atoms with van der Waals surface area (Å²) in [5.41, 5.74) is 3.49. The van der Waals surface area contributed by atoms with Gasteiger partial charge in [0.15, 0.2) is 18.2 Å². The minimum Gasteiger partial charge on any atom is -0.453 e. The molecular formula is C22H24N2O5. The molecule has 3 rings (SSSR count). The minimum atomic E-state index is -0.641. The number of aryl methyl sites for hydroxylation is 1. The third-order valence-corrected chi connectivity index (χ3v) is 5.21. The van der Waals surface area contributed by atoms with Crippen molar-refractivity contribution in [2.24, 2.45) is 0 Å². The Morgan fingerprint density at radius 1 is 1.14 bits per heavy atom. The summed E-state index contributed by atoms with van der Waals surface area (Å²) in [4.78, 5) is 52.7. The number of aromatic nitrogens is 1. The lowest BCUT2D eigenvalue weighted by molar-refractivity contribution is -0.128. The second-order valence-electron chi connectivity index (χ2n) is 7.33. The topological polar surface area (TPSA) is 96.5 Å². The van der Waals surface area contributed by atoms with E-state index in [-0.39, 0.29) is 29.8 Å². The summed E-state index contributed by atoms with van der Waals surface area (Å²) in [5.74, 6) is -0.974. The van der Waals surface area contributed by atoms with Crippen molar-refractivity contribution in [1.29, 1.82) is 0 Å². The first kappa shape index (κ1) is 20.5. The highest BCUT2D eigenvalue weighted by molar-refractivity contribution is 6.04. The van der Waals surface area contributed by atoms with Gasteiger partial charge in [-0.3, -0.25) is 14.4 Å². The second kappa shape index (κ2) is 8.43. The van der Waals surface area contributed by atoms with Crippen molar-refractivity contribution < 1.29 is 23.9 Å². The molecule has 0 unspecified atom stereocenters. The Labute approximate surface area is 169 Å². The van der Waals surface area contributed by atoms with Gasteiger partial charge in [-0.25, -0.2) is 4.79 Å². The van der Waals surface area contributed by atoms with Gasteiger partial charge in [0.2, 0.25) is 5.91 Å². The number of Topliss-reactive ketones (excluding diaryl/α,β-unsaturated/α-hetero) is 2. The van der Waals surface area contributed by atoms with Crippen LogP contribution in [0.1, 0.15) is 67.8 Å². The van der Waals surface area contributed by atoms with Crippen molar-refractivity contribution in [2.75, 3.05) is 13.7 Å². The van der Waals surface area contributed by atoms with E-state index in [0.29, 0.717) is 29.7 Å². The zero-order chi connectivity index (χ0) is 21.1. The number of amides is 1. The number of hydrogen-bond donors (Lipinski definition) is 1. The van der Waals surface area contributed by atoms with Gasteiger partial charge in [0.1, 0.15) is 5.69 Å². The van der Waals surface area contributed by atoms with E-state index in [2.05, 4.69) is 4.98 Å². The lowest BCUT2D eigenvalue weighted by Crippen LogP contribution is -2.23. The van der Waals surface area contributed by atoms with E-state index >= 15 is 0 Å². The average Bonchev–Trinajstić information content (AvgIpc) is 3.04. The highest BCUT2D eigenvalue weighted by Crippen LogP contribution is 2.26. The number of aromatic amines is 1. The van der Waals surface area contributed by atoms with Crippen LogP contribution in [0.5, 0.6) is 0 Å². The van der Waals surface area contributed by atoms with E-state index in [9.17, 15) is 19.2 Å². The number of hydrogen-bond acceptors (Lipinski definition) is 5. The van der Waals surface area contributed by atoms with Crippen LogP contribution >= 0.6 is 0 Å². The lowest BCUT2D eigenvalue weighted by Gasteiger charge is -2.14. The van der Waals surface area contributed by atoms with Gasteiger partial charge < -0.3 is 14.6 Å². The predicted octanol–water partition coefficient (Wildman–Crippen LogP) is 2.86. The fourth-order valence-corrected chi connectivity index (χ4v) is 3.45. The first-order valence-electron chi connectivity index (χ1n) is 9.53. The van der Waals surface area contributed by atoms with Crippen LogP contribution in [0.2, 0.25) is 0 Å². The molecule has 7 nitrogen and oxygen atoms in total. The Morgan fingerprint density at radius 2 is 1.83 bits per heavy atom. The molecule has 1 aliphatic rings. The van der Waals surface area contributed by atoms with Crippen molar-refractivity contribution in [3.8, 4) is 0 Å². The second-order valence-corrected chi connectivity index (χ2v) is 7.33. The molecule has 1 N–H and O–H groups in total. The number of benzene rings is 1. The van der Waals surface area contributed by atoms with Gasteiger partial charge in [0.25, 0.3) is 0 Å². The SMILES string of the molecule is CC(=O)N(C)Cc1ccc(C(=O)COC(=O)c2[nH]c3c(c2C)C(=O)CCC3)cc1. The molecule has 1 aromatic carbocycles. The zero-order valence-electron chi connectivity index (χ0n) is 16.8. The number of fused-ring (bicyclic) bond motifs is 1. The van der Waals surface area contributed by atoms with Crippen LogP contribution in [-0.4, -0.2) is 47.0 Å². The number of nitrogens with one attached hydrogen (secondary N) is 1. The van der Waals surface area contributed by atoms with E-state index in [0.717, 1.165) is 24.1 Å². The standard InChI is InChI=1S/C22H24N2O5/c1-13-20-17(5-4-6-18(20)26)23-21(13)22(28)29-12-19(27)16-9-7-15(8-10-16)11-24(3)14(2)25/h7-10,23H,4-6,11-12H2,1-3H3. The highest BCUT2D eigenvalue weighted by atomic mass is 16.5. The molecule has 7 heteroatoms. The zero-order valence-corrected chi connectivity index (χ0v) is 16.8. The van der Waals surface area contributed by atoms with Crippen molar-refractivity contribution in [2.45, 2.75) is 39.7 Å². The summed E-state index contributed by atoms with van der Waals surface area (Å²) >= 11 is 0. The summed E-state index contributed by atoms with van der Waals surface area (Å²) in [6, 6.07) is 6.83. The van der Waals surface area contributed by atoms with E-state index in [1.54, 1.807) is 43.1 Å². The van der Waals surface area contributed by atoms with E-state index < -0.39 is 5.97 Å². The summed E-state index contributed by atoms with van der Waals surface area (Å²) in [6.45, 7) is 3.27. The highest BCUT2D eigenvalue weighted by Gasteiger charge is 2.27. The Hall–Kier alpha value is -3.22. The van der Waals surface area contributed by atoms with Crippen LogP contribution in [0.3, 0.4) is 0 Å². The first-order chi connectivity index (χ1) is 13.8. The van der Waals surface area contributed by atoms with Crippen molar-refractivity contribution >= 4 is 23.4 Å². The Balaban J connectivity index is 1.61. The quantitative estimate of drug-likeness (QED) is 0.598. The molecule has 0 saturated heterocycles. The number of nitrogens with zero attached hydrogens (tertiary/aromatic N) is 1. The summed E-state index contributed by atoms with van der Waals surface area (Å²) in [6.07, 6.45) is 1.97. The number of carbonyl (C=O) groups excluding carboxylic acids is 4. The number of ketones is 2. The molecule has 1 aliphatic carbocycles. The molecule has 2 aromatic rings. The van der Waals surface area contributed by atoms with E-state index in [1.807, 2.05) is 0 Å². The predicted molar refractivity (Wildman–Crippen MR) is 106 cm³/mol. The maximum Gasteiger partial charge on any atom is 0.355 e. The van der Waals surface area contributed by atoms with Gasteiger partial charge in [-0.2, -0.15) is 0 Å². The van der Waals surface area contributed by atoms with Gasteiger partial charge in [0.05, 0.1) is 0 Å². The van der Waals surface area contributed by atoms with Crippen LogP contribution in [0.4, 0.5) is 0 Å². The molecule has 152 valence electrons. The lowest BCUT2D eigenvalue weighted by atomic mass is 9.94. The smallest absolute Gasteiger partial charge is 0.355 e. The fraction of sp³-hybridized carbons (Fsp3) is 0.364. The third-order valence-electron chi connectivity index (χ3n) is 5.21. The van der Waals surface area contributed by atoms with Gasteiger partial charge in [-0.05, 0) is 30.9 Å². The first-order valence-corrected chi connectivity index (χ1v) is 9.53. The Morgan fingerprint density at radius 3 is 2.45 bits per heavy atom. The Bertz CT molecular complexity index is 972. The van der Waals surface area contributed by atoms with Crippen LogP contribution in [-0.2, 0) is 22.5 Å². The van der Waals surface area contributed by atoms with Gasteiger partial charge in [-0.1, -0.05) is 24.3 Å². The van der Waals surface area contributed by atoms with Gasteiger partial charge >= 0.3 is 5.97 Å². The number of H-pyrrole nitrogens is 1.